The molecule has 0 amide bonds. The molecule has 1 aliphatic rings. The van der Waals surface area contributed by atoms with Crippen LogP contribution in [0.1, 0.15) is 29.6 Å². The van der Waals surface area contributed by atoms with Crippen molar-refractivity contribution in [1.29, 1.82) is 0 Å². The predicted molar refractivity (Wildman–Crippen MR) is 75.0 cm³/mol. The van der Waals surface area contributed by atoms with Crippen molar-refractivity contribution < 1.29 is 20.1 Å². The topological polar surface area (TPSA) is 81.0 Å². The van der Waals surface area contributed by atoms with Crippen molar-refractivity contribution in [3.8, 4) is 11.5 Å². The Morgan fingerprint density at radius 1 is 1.35 bits per heavy atom. The average molecular weight is 279 g/mol. The number of hydrogen-bond acceptors (Lipinski definition) is 5. The van der Waals surface area contributed by atoms with Crippen LogP contribution in [0, 0.1) is 5.92 Å². The van der Waals surface area contributed by atoms with E-state index in [0.717, 1.165) is 32.4 Å². The highest BCUT2D eigenvalue weighted by Gasteiger charge is 2.22. The van der Waals surface area contributed by atoms with Gasteiger partial charge in [-0.15, -0.1) is 0 Å². The highest BCUT2D eigenvalue weighted by Crippen LogP contribution is 2.24. The molecule has 1 heterocycles. The van der Waals surface area contributed by atoms with Gasteiger partial charge in [-0.3, -0.25) is 9.69 Å². The fourth-order valence-corrected chi connectivity index (χ4v) is 2.76. The van der Waals surface area contributed by atoms with Crippen molar-refractivity contribution >= 4 is 5.78 Å². The first-order valence-corrected chi connectivity index (χ1v) is 6.98. The Labute approximate surface area is 118 Å². The van der Waals surface area contributed by atoms with Crippen LogP contribution in [-0.4, -0.2) is 52.2 Å². The van der Waals surface area contributed by atoms with Gasteiger partial charge in [0.1, 0.15) is 11.5 Å². The number of aliphatic hydroxyl groups excluding tert-OH is 1. The molecule has 0 aliphatic carbocycles. The SMILES string of the molecule is O=C(CN1CCCC(CCO)C1)c1ccc(O)cc1O. The van der Waals surface area contributed by atoms with E-state index in [9.17, 15) is 15.0 Å². The van der Waals surface area contributed by atoms with Crippen LogP contribution >= 0.6 is 0 Å². The zero-order chi connectivity index (χ0) is 14.5. The molecule has 5 nitrogen and oxygen atoms in total. The lowest BCUT2D eigenvalue weighted by atomic mass is 9.95. The number of piperidine rings is 1. The number of hydrogen-bond donors (Lipinski definition) is 3. The van der Waals surface area contributed by atoms with Gasteiger partial charge in [-0.05, 0) is 43.9 Å². The number of nitrogens with zero attached hydrogens (tertiary/aromatic N) is 1. The molecule has 1 atom stereocenters. The number of aromatic hydroxyl groups is 2. The van der Waals surface area contributed by atoms with Gasteiger partial charge in [0.25, 0.3) is 0 Å². The van der Waals surface area contributed by atoms with Crippen LogP contribution in [0.15, 0.2) is 18.2 Å². The van der Waals surface area contributed by atoms with Crippen molar-refractivity contribution in [2.75, 3.05) is 26.2 Å². The molecule has 1 aromatic rings. The molecule has 3 N–H and O–H groups in total. The maximum Gasteiger partial charge on any atom is 0.180 e. The molecule has 20 heavy (non-hydrogen) atoms. The van der Waals surface area contributed by atoms with E-state index in [1.807, 2.05) is 0 Å². The third-order valence-corrected chi connectivity index (χ3v) is 3.79. The van der Waals surface area contributed by atoms with E-state index < -0.39 is 0 Å². The van der Waals surface area contributed by atoms with Crippen molar-refractivity contribution in [3.05, 3.63) is 23.8 Å². The molecule has 1 aromatic carbocycles. The number of likely N-dealkylation sites (tertiary alicyclic amines) is 1. The molecule has 0 radical (unpaired) electrons. The summed E-state index contributed by atoms with van der Waals surface area (Å²) in [7, 11) is 0. The van der Waals surface area contributed by atoms with E-state index in [4.69, 9.17) is 5.11 Å². The molecule has 5 heteroatoms. The predicted octanol–water partition coefficient (Wildman–Crippen LogP) is 1.37. The van der Waals surface area contributed by atoms with Crippen LogP contribution in [0.3, 0.4) is 0 Å². The number of carbonyl (C=O) groups is 1. The number of ketones is 1. The maximum atomic E-state index is 12.2. The van der Waals surface area contributed by atoms with E-state index in [0.29, 0.717) is 5.92 Å². The zero-order valence-corrected chi connectivity index (χ0v) is 11.5. The van der Waals surface area contributed by atoms with Crippen molar-refractivity contribution in [2.24, 2.45) is 5.92 Å². The summed E-state index contributed by atoms with van der Waals surface area (Å²) in [4.78, 5) is 14.2. The van der Waals surface area contributed by atoms with Gasteiger partial charge < -0.3 is 15.3 Å². The number of Topliss-reactive ketones (excluding diaryl/α,β-unsaturated/α-hetero) is 1. The Morgan fingerprint density at radius 2 is 2.15 bits per heavy atom. The zero-order valence-electron chi connectivity index (χ0n) is 11.5. The van der Waals surface area contributed by atoms with E-state index in [1.165, 1.54) is 18.2 Å². The Bertz CT molecular complexity index is 473. The second kappa shape index (κ2) is 6.72. The number of carbonyl (C=O) groups excluding carboxylic acids is 1. The fraction of sp³-hybridized carbons (Fsp3) is 0.533. The molecule has 0 aromatic heterocycles. The smallest absolute Gasteiger partial charge is 0.180 e. The third kappa shape index (κ3) is 3.71. The van der Waals surface area contributed by atoms with Crippen LogP contribution in [0.2, 0.25) is 0 Å². The average Bonchev–Trinajstić information content (AvgIpc) is 2.39. The van der Waals surface area contributed by atoms with Gasteiger partial charge in [0.05, 0.1) is 12.1 Å². The number of aliphatic hydroxyl groups is 1. The first-order chi connectivity index (χ1) is 9.60. The monoisotopic (exact) mass is 279 g/mol. The molecule has 1 aliphatic heterocycles. The lowest BCUT2D eigenvalue weighted by Gasteiger charge is -2.31. The minimum atomic E-state index is -0.182. The van der Waals surface area contributed by atoms with Gasteiger partial charge in [-0.2, -0.15) is 0 Å². The molecular formula is C15H21NO4. The quantitative estimate of drug-likeness (QED) is 0.709. The molecule has 1 saturated heterocycles. The third-order valence-electron chi connectivity index (χ3n) is 3.79. The summed E-state index contributed by atoms with van der Waals surface area (Å²) in [6.45, 7) is 2.13. The molecule has 2 rings (SSSR count). The molecule has 0 bridgehead atoms. The molecule has 110 valence electrons. The second-order valence-corrected chi connectivity index (χ2v) is 5.38. The Balaban J connectivity index is 1.97. The van der Waals surface area contributed by atoms with Crippen LogP contribution in [0.5, 0.6) is 11.5 Å². The fourth-order valence-electron chi connectivity index (χ4n) is 2.76. The Morgan fingerprint density at radius 3 is 2.85 bits per heavy atom. The van der Waals surface area contributed by atoms with Crippen molar-refractivity contribution in [1.82, 2.24) is 4.90 Å². The van der Waals surface area contributed by atoms with Crippen LogP contribution < -0.4 is 0 Å². The molecule has 0 spiro atoms. The van der Waals surface area contributed by atoms with E-state index >= 15 is 0 Å². The van der Waals surface area contributed by atoms with Crippen LogP contribution in [0.4, 0.5) is 0 Å². The first-order valence-electron chi connectivity index (χ1n) is 6.98. The minimum absolute atomic E-state index is 0.0555. The molecule has 1 unspecified atom stereocenters. The number of phenols is 2. The summed E-state index contributed by atoms with van der Waals surface area (Å²) < 4.78 is 0. The minimum Gasteiger partial charge on any atom is -0.508 e. The summed E-state index contributed by atoms with van der Waals surface area (Å²) in [5.41, 5.74) is 0.243. The van der Waals surface area contributed by atoms with E-state index in [-0.39, 0.29) is 36.0 Å². The van der Waals surface area contributed by atoms with E-state index in [1.54, 1.807) is 0 Å². The number of rotatable bonds is 5. The molecular weight excluding hydrogens is 258 g/mol. The van der Waals surface area contributed by atoms with Gasteiger partial charge in [0, 0.05) is 19.2 Å². The number of benzene rings is 1. The van der Waals surface area contributed by atoms with Crippen LogP contribution in [-0.2, 0) is 0 Å². The van der Waals surface area contributed by atoms with Gasteiger partial charge >= 0.3 is 0 Å². The Hall–Kier alpha value is -1.59. The summed E-state index contributed by atoms with van der Waals surface area (Å²) in [6.07, 6.45) is 2.89. The van der Waals surface area contributed by atoms with Gasteiger partial charge in [0.15, 0.2) is 5.78 Å². The van der Waals surface area contributed by atoms with Crippen LogP contribution in [0.25, 0.3) is 0 Å². The summed E-state index contributed by atoms with van der Waals surface area (Å²) in [5.74, 6) is 0.0565. The second-order valence-electron chi connectivity index (χ2n) is 5.38. The summed E-state index contributed by atoms with van der Waals surface area (Å²) in [5, 5.41) is 27.9. The first kappa shape index (κ1) is 14.8. The highest BCUT2D eigenvalue weighted by molar-refractivity contribution is 6.00. The summed E-state index contributed by atoms with van der Waals surface area (Å²) in [6, 6.07) is 4.03. The number of phenolic OH excluding ortho intramolecular Hbond substituents is 2. The normalized spacial score (nSPS) is 19.9. The lowest BCUT2D eigenvalue weighted by Crippen LogP contribution is -2.39. The van der Waals surface area contributed by atoms with Crippen molar-refractivity contribution in [2.45, 2.75) is 19.3 Å². The molecule has 0 saturated carbocycles. The summed E-state index contributed by atoms with van der Waals surface area (Å²) >= 11 is 0. The lowest BCUT2D eigenvalue weighted by molar-refractivity contribution is 0.0869. The van der Waals surface area contributed by atoms with Gasteiger partial charge in [-0.1, -0.05) is 0 Å². The molecule has 1 fully saturated rings. The van der Waals surface area contributed by atoms with E-state index in [2.05, 4.69) is 4.90 Å². The standard InChI is InChI=1S/C15H21NO4/c17-7-5-11-2-1-6-16(9-11)10-15(20)13-4-3-12(18)8-14(13)19/h3-4,8,11,17-19H,1-2,5-7,9-10H2. The largest absolute Gasteiger partial charge is 0.508 e. The highest BCUT2D eigenvalue weighted by atomic mass is 16.3. The maximum absolute atomic E-state index is 12.2. The van der Waals surface area contributed by atoms with Crippen molar-refractivity contribution in [3.63, 3.8) is 0 Å². The Kier molecular flexibility index (Phi) is 4.98. The van der Waals surface area contributed by atoms with Gasteiger partial charge in [-0.25, -0.2) is 0 Å². The van der Waals surface area contributed by atoms with Gasteiger partial charge in [0.2, 0.25) is 0 Å².